The minimum absolute atomic E-state index is 0.0997. The van der Waals surface area contributed by atoms with Gasteiger partial charge in [-0.3, -0.25) is 4.79 Å². The van der Waals surface area contributed by atoms with Gasteiger partial charge in [-0.1, -0.05) is 12.1 Å². The van der Waals surface area contributed by atoms with Gasteiger partial charge in [0.15, 0.2) is 5.78 Å². The Morgan fingerprint density at radius 1 is 1.26 bits per heavy atom. The number of nitrogens with zero attached hydrogens (tertiary/aromatic N) is 1. The molecule has 1 aliphatic heterocycles. The fraction of sp³-hybridized carbons (Fsp3) is 0.200. The highest BCUT2D eigenvalue weighted by Crippen LogP contribution is 2.34. The molecule has 0 saturated heterocycles. The number of carbonyl (C=O) groups excluding carboxylic acids is 1. The molecular weight excluding hydrogens is 242 g/mol. The maximum Gasteiger partial charge on any atom is 0.212 e. The maximum atomic E-state index is 12.1. The summed E-state index contributed by atoms with van der Waals surface area (Å²) in [6, 6.07) is 11.0. The van der Waals surface area contributed by atoms with E-state index in [1.54, 1.807) is 25.4 Å². The van der Waals surface area contributed by atoms with E-state index in [-0.39, 0.29) is 11.9 Å². The predicted molar refractivity (Wildman–Crippen MR) is 69.5 cm³/mol. The van der Waals surface area contributed by atoms with Gasteiger partial charge in [-0.05, 0) is 18.2 Å². The number of hydrogen-bond acceptors (Lipinski definition) is 4. The van der Waals surface area contributed by atoms with Gasteiger partial charge in [0, 0.05) is 17.8 Å². The highest BCUT2D eigenvalue weighted by molar-refractivity contribution is 5.99. The highest BCUT2D eigenvalue weighted by Gasteiger charge is 2.27. The smallest absolute Gasteiger partial charge is 0.212 e. The van der Waals surface area contributed by atoms with Crippen LogP contribution in [0, 0.1) is 0 Å². The topological polar surface area (TPSA) is 48.4 Å². The summed E-state index contributed by atoms with van der Waals surface area (Å²) in [5.74, 6) is 1.29. The lowest BCUT2D eigenvalue weighted by Gasteiger charge is -2.25. The molecule has 2 heterocycles. The third-order valence-corrected chi connectivity index (χ3v) is 3.17. The molecule has 0 aliphatic carbocycles. The molecular formula is C15H13NO3. The standard InChI is InChI=1S/C15H13NO3/c1-18-15-7-6-10(9-16-15)14-8-12(17)11-4-2-3-5-13(11)19-14/h2-7,9,14H,8H2,1H3. The number of rotatable bonds is 2. The summed E-state index contributed by atoms with van der Waals surface area (Å²) in [7, 11) is 1.57. The number of pyridine rings is 1. The van der Waals surface area contributed by atoms with E-state index in [2.05, 4.69) is 4.98 Å². The fourth-order valence-electron chi connectivity index (χ4n) is 2.16. The van der Waals surface area contributed by atoms with Crippen LogP contribution < -0.4 is 9.47 Å². The SMILES string of the molecule is COc1ccc(C2CC(=O)c3ccccc3O2)cn1. The van der Waals surface area contributed by atoms with Crippen molar-refractivity contribution >= 4 is 5.78 Å². The van der Waals surface area contributed by atoms with Gasteiger partial charge in [0.1, 0.15) is 11.9 Å². The lowest BCUT2D eigenvalue weighted by molar-refractivity contribution is 0.0849. The summed E-state index contributed by atoms with van der Waals surface area (Å²) in [6.45, 7) is 0. The molecule has 0 fully saturated rings. The van der Waals surface area contributed by atoms with Gasteiger partial charge in [-0.25, -0.2) is 4.98 Å². The molecule has 4 heteroatoms. The summed E-state index contributed by atoms with van der Waals surface area (Å²) < 4.78 is 10.9. The molecule has 1 aromatic heterocycles. The molecule has 1 aromatic carbocycles. The number of para-hydroxylation sites is 1. The number of ether oxygens (including phenoxy) is 2. The molecule has 3 rings (SSSR count). The number of Topliss-reactive ketones (excluding diaryl/α,β-unsaturated/α-hetero) is 1. The molecule has 2 aromatic rings. The van der Waals surface area contributed by atoms with Crippen LogP contribution in [0.4, 0.5) is 0 Å². The lowest BCUT2D eigenvalue weighted by atomic mass is 9.97. The Morgan fingerprint density at radius 3 is 2.84 bits per heavy atom. The summed E-state index contributed by atoms with van der Waals surface area (Å²) in [5.41, 5.74) is 1.53. The second-order valence-electron chi connectivity index (χ2n) is 4.36. The molecule has 1 unspecified atom stereocenters. The second-order valence-corrected chi connectivity index (χ2v) is 4.36. The first kappa shape index (κ1) is 11.7. The molecule has 4 nitrogen and oxygen atoms in total. The van der Waals surface area contributed by atoms with Gasteiger partial charge in [0.2, 0.25) is 5.88 Å². The lowest BCUT2D eigenvalue weighted by Crippen LogP contribution is -2.20. The van der Waals surface area contributed by atoms with Crippen molar-refractivity contribution in [2.45, 2.75) is 12.5 Å². The van der Waals surface area contributed by atoms with E-state index in [9.17, 15) is 4.79 Å². The Bertz CT molecular complexity index is 607. The van der Waals surface area contributed by atoms with Crippen LogP contribution in [0.25, 0.3) is 0 Å². The van der Waals surface area contributed by atoms with Crippen molar-refractivity contribution in [3.05, 3.63) is 53.7 Å². The zero-order chi connectivity index (χ0) is 13.2. The van der Waals surface area contributed by atoms with Crippen LogP contribution in [0.2, 0.25) is 0 Å². The minimum atomic E-state index is -0.277. The number of ketones is 1. The van der Waals surface area contributed by atoms with Crippen LogP contribution in [0.3, 0.4) is 0 Å². The van der Waals surface area contributed by atoms with Crippen molar-refractivity contribution in [2.24, 2.45) is 0 Å². The number of carbonyl (C=O) groups is 1. The van der Waals surface area contributed by atoms with E-state index in [0.29, 0.717) is 23.6 Å². The second kappa shape index (κ2) is 4.72. The zero-order valence-corrected chi connectivity index (χ0v) is 10.5. The summed E-state index contributed by atoms with van der Waals surface area (Å²) in [6.07, 6.45) is 1.75. The number of fused-ring (bicyclic) bond motifs is 1. The number of methoxy groups -OCH3 is 1. The van der Waals surface area contributed by atoms with Gasteiger partial charge in [0.25, 0.3) is 0 Å². The molecule has 0 radical (unpaired) electrons. The predicted octanol–water partition coefficient (Wildman–Crippen LogP) is 2.80. The first-order chi connectivity index (χ1) is 9.28. The van der Waals surface area contributed by atoms with Crippen LogP contribution in [0.5, 0.6) is 11.6 Å². The van der Waals surface area contributed by atoms with Gasteiger partial charge in [-0.2, -0.15) is 0 Å². The maximum absolute atomic E-state index is 12.1. The normalized spacial score (nSPS) is 17.5. The van der Waals surface area contributed by atoms with Crippen molar-refractivity contribution in [3.63, 3.8) is 0 Å². The third kappa shape index (κ3) is 2.17. The Balaban J connectivity index is 1.90. The molecule has 0 bridgehead atoms. The molecule has 0 amide bonds. The van der Waals surface area contributed by atoms with Crippen LogP contribution in [-0.4, -0.2) is 17.9 Å². The fourth-order valence-corrected chi connectivity index (χ4v) is 2.16. The van der Waals surface area contributed by atoms with Crippen molar-refractivity contribution in [2.75, 3.05) is 7.11 Å². The molecule has 0 saturated carbocycles. The zero-order valence-electron chi connectivity index (χ0n) is 10.5. The first-order valence-electron chi connectivity index (χ1n) is 6.07. The van der Waals surface area contributed by atoms with Crippen molar-refractivity contribution < 1.29 is 14.3 Å². The molecule has 96 valence electrons. The minimum Gasteiger partial charge on any atom is -0.484 e. The average molecular weight is 255 g/mol. The first-order valence-corrected chi connectivity index (χ1v) is 6.07. The van der Waals surface area contributed by atoms with Gasteiger partial charge in [0.05, 0.1) is 19.1 Å². The van der Waals surface area contributed by atoms with Crippen LogP contribution >= 0.6 is 0 Å². The summed E-state index contributed by atoms with van der Waals surface area (Å²) in [4.78, 5) is 16.2. The van der Waals surface area contributed by atoms with Crippen molar-refractivity contribution in [1.82, 2.24) is 4.98 Å². The van der Waals surface area contributed by atoms with E-state index in [4.69, 9.17) is 9.47 Å². The Kier molecular flexibility index (Phi) is 2.91. The highest BCUT2D eigenvalue weighted by atomic mass is 16.5. The van der Waals surface area contributed by atoms with Crippen molar-refractivity contribution in [1.29, 1.82) is 0 Å². The number of hydrogen-bond donors (Lipinski definition) is 0. The van der Waals surface area contributed by atoms with Crippen LogP contribution in [0.1, 0.15) is 28.4 Å². The average Bonchev–Trinajstić information content (AvgIpc) is 2.47. The molecule has 0 N–H and O–H groups in total. The van der Waals surface area contributed by atoms with E-state index in [0.717, 1.165) is 5.56 Å². The molecule has 1 atom stereocenters. The Labute approximate surface area is 111 Å². The molecule has 1 aliphatic rings. The van der Waals surface area contributed by atoms with Crippen LogP contribution in [-0.2, 0) is 0 Å². The third-order valence-electron chi connectivity index (χ3n) is 3.17. The summed E-state index contributed by atoms with van der Waals surface area (Å²) >= 11 is 0. The largest absolute Gasteiger partial charge is 0.484 e. The Morgan fingerprint density at radius 2 is 2.11 bits per heavy atom. The number of benzene rings is 1. The van der Waals surface area contributed by atoms with Gasteiger partial charge < -0.3 is 9.47 Å². The van der Waals surface area contributed by atoms with Crippen molar-refractivity contribution in [3.8, 4) is 11.6 Å². The van der Waals surface area contributed by atoms with Gasteiger partial charge >= 0.3 is 0 Å². The summed E-state index contributed by atoms with van der Waals surface area (Å²) in [5, 5.41) is 0. The molecule has 0 spiro atoms. The Hall–Kier alpha value is -2.36. The molecule has 19 heavy (non-hydrogen) atoms. The van der Waals surface area contributed by atoms with E-state index < -0.39 is 0 Å². The van der Waals surface area contributed by atoms with E-state index >= 15 is 0 Å². The number of aromatic nitrogens is 1. The van der Waals surface area contributed by atoms with Crippen LogP contribution in [0.15, 0.2) is 42.6 Å². The monoisotopic (exact) mass is 255 g/mol. The quantitative estimate of drug-likeness (QED) is 0.828. The van der Waals surface area contributed by atoms with E-state index in [1.165, 1.54) is 0 Å². The van der Waals surface area contributed by atoms with E-state index in [1.807, 2.05) is 24.3 Å². The van der Waals surface area contributed by atoms with Gasteiger partial charge in [-0.15, -0.1) is 0 Å².